The maximum atomic E-state index is 13.3. The highest BCUT2D eigenvalue weighted by Crippen LogP contribution is 2.42. The largest absolute Gasteiger partial charge is 0.497 e. The number of carbonyl (C=O) groups is 4. The lowest BCUT2D eigenvalue weighted by Gasteiger charge is -2.25. The van der Waals surface area contributed by atoms with E-state index in [9.17, 15) is 19.2 Å². The Kier molecular flexibility index (Phi) is 9.87. The van der Waals surface area contributed by atoms with Crippen LogP contribution in [0.1, 0.15) is 68.4 Å². The van der Waals surface area contributed by atoms with E-state index in [0.29, 0.717) is 34.0 Å². The SMILES string of the molecule is COc1ccc(NC(=O)NCC2OCCc3c2sc(NC(=O)C(=O)OC(C)(C)C)c3C(=O)OC(C)(C)C)c(OC)c1. The van der Waals surface area contributed by atoms with E-state index in [1.807, 2.05) is 0 Å². The predicted octanol–water partition coefficient (Wildman–Crippen LogP) is 4.44. The lowest BCUT2D eigenvalue weighted by atomic mass is 10.0. The molecule has 41 heavy (non-hydrogen) atoms. The van der Waals surface area contributed by atoms with Crippen LogP contribution >= 0.6 is 11.3 Å². The highest BCUT2D eigenvalue weighted by Gasteiger charge is 2.35. The molecule has 0 saturated carbocycles. The summed E-state index contributed by atoms with van der Waals surface area (Å²) in [6.45, 7) is 10.4. The predicted molar refractivity (Wildman–Crippen MR) is 153 cm³/mol. The van der Waals surface area contributed by atoms with Crippen molar-refractivity contribution in [1.82, 2.24) is 5.32 Å². The van der Waals surface area contributed by atoms with Gasteiger partial charge in [0.1, 0.15) is 33.8 Å². The van der Waals surface area contributed by atoms with Crippen LogP contribution in [-0.2, 0) is 30.2 Å². The maximum absolute atomic E-state index is 13.3. The van der Waals surface area contributed by atoms with E-state index in [-0.39, 0.29) is 23.7 Å². The molecule has 0 bridgehead atoms. The molecule has 1 unspecified atom stereocenters. The summed E-state index contributed by atoms with van der Waals surface area (Å²) in [5, 5.41) is 8.16. The van der Waals surface area contributed by atoms with E-state index in [2.05, 4.69) is 16.0 Å². The minimum atomic E-state index is -1.08. The van der Waals surface area contributed by atoms with Gasteiger partial charge in [0.05, 0.1) is 38.6 Å². The molecule has 0 fully saturated rings. The standard InChI is InChI=1S/C28H37N3O9S/c1-27(2,3)39-24(33)20-16-11-12-38-19(21(16)41-23(20)31-22(32)25(34)40-28(4,5)6)14-29-26(35)30-17-10-9-15(36-7)13-18(17)37-8/h9-10,13,19H,11-12,14H2,1-8H3,(H,31,32)(H2,29,30,35). The van der Waals surface area contributed by atoms with E-state index in [1.54, 1.807) is 59.7 Å². The van der Waals surface area contributed by atoms with Gasteiger partial charge in [-0.25, -0.2) is 14.4 Å². The molecular weight excluding hydrogens is 554 g/mol. The zero-order chi connectivity index (χ0) is 30.5. The molecule has 0 radical (unpaired) electrons. The van der Waals surface area contributed by atoms with Crippen LogP contribution < -0.4 is 25.4 Å². The normalized spacial score (nSPS) is 14.8. The minimum Gasteiger partial charge on any atom is -0.497 e. The average Bonchev–Trinajstić information content (AvgIpc) is 3.24. The third kappa shape index (κ3) is 8.57. The van der Waals surface area contributed by atoms with E-state index < -0.39 is 41.2 Å². The molecule has 3 N–H and O–H groups in total. The van der Waals surface area contributed by atoms with Crippen molar-refractivity contribution in [2.24, 2.45) is 0 Å². The zero-order valence-electron chi connectivity index (χ0n) is 24.5. The third-order valence-corrected chi connectivity index (χ3v) is 6.76. The van der Waals surface area contributed by atoms with Crippen molar-refractivity contribution in [3.8, 4) is 11.5 Å². The molecule has 2 heterocycles. The number of urea groups is 1. The van der Waals surface area contributed by atoms with Gasteiger partial charge in [-0.3, -0.25) is 4.79 Å². The number of methoxy groups -OCH3 is 2. The summed E-state index contributed by atoms with van der Waals surface area (Å²) in [5.41, 5.74) is -0.466. The molecule has 1 atom stereocenters. The number of nitrogens with one attached hydrogen (secondary N) is 3. The van der Waals surface area contributed by atoms with Crippen molar-refractivity contribution in [3.05, 3.63) is 34.2 Å². The second kappa shape index (κ2) is 12.8. The summed E-state index contributed by atoms with van der Waals surface area (Å²) in [4.78, 5) is 51.6. The van der Waals surface area contributed by atoms with Gasteiger partial charge in [0.25, 0.3) is 0 Å². The number of hydrogen-bond acceptors (Lipinski definition) is 10. The van der Waals surface area contributed by atoms with Crippen LogP contribution in [0.5, 0.6) is 11.5 Å². The third-order valence-electron chi connectivity index (χ3n) is 5.52. The van der Waals surface area contributed by atoms with Crippen LogP contribution in [0.25, 0.3) is 0 Å². The first kappa shape index (κ1) is 31.7. The van der Waals surface area contributed by atoms with Crippen molar-refractivity contribution in [2.45, 2.75) is 65.3 Å². The van der Waals surface area contributed by atoms with Gasteiger partial charge >= 0.3 is 23.9 Å². The van der Waals surface area contributed by atoms with Gasteiger partial charge in [0, 0.05) is 10.9 Å². The smallest absolute Gasteiger partial charge is 0.397 e. The van der Waals surface area contributed by atoms with Crippen molar-refractivity contribution < 1.29 is 42.9 Å². The average molecular weight is 592 g/mol. The summed E-state index contributed by atoms with van der Waals surface area (Å²) >= 11 is 1.08. The molecule has 1 aromatic carbocycles. The fraction of sp³-hybridized carbons (Fsp3) is 0.500. The number of thiophene rings is 1. The summed E-state index contributed by atoms with van der Waals surface area (Å²) < 4.78 is 27.2. The molecule has 1 aromatic heterocycles. The van der Waals surface area contributed by atoms with Gasteiger partial charge in [0.2, 0.25) is 0 Å². The molecule has 12 nitrogen and oxygen atoms in total. The van der Waals surface area contributed by atoms with E-state index in [4.69, 9.17) is 23.7 Å². The molecular formula is C28H37N3O9S. The second-order valence-corrected chi connectivity index (χ2v) is 12.2. The minimum absolute atomic E-state index is 0.0605. The summed E-state index contributed by atoms with van der Waals surface area (Å²) in [5.74, 6) is -1.76. The summed E-state index contributed by atoms with van der Waals surface area (Å²) in [6.07, 6.45) is -0.255. The van der Waals surface area contributed by atoms with E-state index in [0.717, 1.165) is 11.3 Å². The number of fused-ring (bicyclic) bond motifs is 1. The van der Waals surface area contributed by atoms with Crippen LogP contribution in [0.15, 0.2) is 18.2 Å². The quantitative estimate of drug-likeness (QED) is 0.314. The Labute approximate surface area is 243 Å². The first-order valence-corrected chi connectivity index (χ1v) is 13.7. The molecule has 3 amide bonds. The first-order chi connectivity index (χ1) is 19.1. The number of rotatable bonds is 7. The maximum Gasteiger partial charge on any atom is 0.397 e. The van der Waals surface area contributed by atoms with E-state index >= 15 is 0 Å². The molecule has 2 aromatic rings. The molecule has 0 spiro atoms. The highest BCUT2D eigenvalue weighted by atomic mass is 32.1. The fourth-order valence-corrected chi connectivity index (χ4v) is 5.17. The fourth-order valence-electron chi connectivity index (χ4n) is 3.89. The second-order valence-electron chi connectivity index (χ2n) is 11.1. The van der Waals surface area contributed by atoms with Gasteiger partial charge in [-0.15, -0.1) is 11.3 Å². The van der Waals surface area contributed by atoms with Crippen LogP contribution in [0.3, 0.4) is 0 Å². The number of amides is 3. The Bertz CT molecular complexity index is 1310. The molecule has 224 valence electrons. The lowest BCUT2D eigenvalue weighted by molar-refractivity contribution is -0.161. The zero-order valence-corrected chi connectivity index (χ0v) is 25.3. The number of carbonyl (C=O) groups excluding carboxylic acids is 4. The first-order valence-electron chi connectivity index (χ1n) is 12.9. The number of benzene rings is 1. The Hall–Kier alpha value is -3.84. The van der Waals surface area contributed by atoms with Gasteiger partial charge in [-0.05, 0) is 65.7 Å². The molecule has 3 rings (SSSR count). The van der Waals surface area contributed by atoms with E-state index in [1.165, 1.54) is 14.2 Å². The Morgan fingerprint density at radius 3 is 2.27 bits per heavy atom. The van der Waals surface area contributed by atoms with Crippen LogP contribution in [-0.4, -0.2) is 62.5 Å². The van der Waals surface area contributed by atoms with Crippen molar-refractivity contribution >= 4 is 45.9 Å². The number of anilines is 2. The van der Waals surface area contributed by atoms with Crippen LogP contribution in [0.4, 0.5) is 15.5 Å². The molecule has 13 heteroatoms. The Morgan fingerprint density at radius 1 is 0.976 bits per heavy atom. The van der Waals surface area contributed by atoms with Gasteiger partial charge in [-0.1, -0.05) is 0 Å². The van der Waals surface area contributed by atoms with Gasteiger partial charge < -0.3 is 39.6 Å². The molecule has 1 aliphatic rings. The molecule has 0 aliphatic carbocycles. The monoisotopic (exact) mass is 591 g/mol. The van der Waals surface area contributed by atoms with Crippen molar-refractivity contribution in [2.75, 3.05) is 38.0 Å². The topological polar surface area (TPSA) is 151 Å². The number of esters is 2. The van der Waals surface area contributed by atoms with Crippen molar-refractivity contribution in [1.29, 1.82) is 0 Å². The van der Waals surface area contributed by atoms with Crippen LogP contribution in [0.2, 0.25) is 0 Å². The Morgan fingerprint density at radius 2 is 1.66 bits per heavy atom. The summed E-state index contributed by atoms with van der Waals surface area (Å²) in [7, 11) is 3.01. The molecule has 1 aliphatic heterocycles. The molecule has 0 saturated heterocycles. The summed E-state index contributed by atoms with van der Waals surface area (Å²) in [6, 6.07) is 4.47. The lowest BCUT2D eigenvalue weighted by Crippen LogP contribution is -2.34. The van der Waals surface area contributed by atoms with Crippen LogP contribution in [0, 0.1) is 0 Å². The van der Waals surface area contributed by atoms with Gasteiger partial charge in [0.15, 0.2) is 0 Å². The Balaban J connectivity index is 1.83. The van der Waals surface area contributed by atoms with Gasteiger partial charge in [-0.2, -0.15) is 0 Å². The number of hydrogen-bond donors (Lipinski definition) is 3. The number of ether oxygens (including phenoxy) is 5. The van der Waals surface area contributed by atoms with Crippen molar-refractivity contribution in [3.63, 3.8) is 0 Å². The highest BCUT2D eigenvalue weighted by molar-refractivity contribution is 7.17.